The predicted octanol–water partition coefficient (Wildman–Crippen LogP) is 5.14. The van der Waals surface area contributed by atoms with E-state index in [1.807, 2.05) is 26.8 Å². The molecule has 1 aromatic carbocycles. The van der Waals surface area contributed by atoms with Gasteiger partial charge >= 0.3 is 6.09 Å². The van der Waals surface area contributed by atoms with Gasteiger partial charge in [0.2, 0.25) is 0 Å². The number of hydrogen-bond donors (Lipinski definition) is 1. The third-order valence-electron chi connectivity index (χ3n) is 5.29. The van der Waals surface area contributed by atoms with E-state index < -0.39 is 0 Å². The van der Waals surface area contributed by atoms with E-state index in [2.05, 4.69) is 15.3 Å². The zero-order valence-corrected chi connectivity index (χ0v) is 17.3. The van der Waals surface area contributed by atoms with Crippen LogP contribution in [0.5, 0.6) is 0 Å². The van der Waals surface area contributed by atoms with Crippen LogP contribution in [0.15, 0.2) is 35.2 Å². The van der Waals surface area contributed by atoms with Crippen molar-refractivity contribution in [2.24, 2.45) is 0 Å². The molecule has 7 nitrogen and oxygen atoms in total. The van der Waals surface area contributed by atoms with Crippen LogP contribution in [0.1, 0.15) is 43.7 Å². The number of likely N-dealkylation sites (tertiary alicyclic amines) is 1. The number of piperidine rings is 1. The molecule has 1 saturated heterocycles. The van der Waals surface area contributed by atoms with Gasteiger partial charge in [-0.3, -0.25) is 0 Å². The van der Waals surface area contributed by atoms with Gasteiger partial charge in [0.1, 0.15) is 17.7 Å². The van der Waals surface area contributed by atoms with Gasteiger partial charge in [0.15, 0.2) is 11.4 Å². The molecule has 0 atom stereocenters. The fourth-order valence-electron chi connectivity index (χ4n) is 3.75. The third-order valence-corrected chi connectivity index (χ3v) is 5.29. The van der Waals surface area contributed by atoms with Crippen LogP contribution < -0.4 is 5.32 Å². The number of ether oxygens (including phenoxy) is 1. The summed E-state index contributed by atoms with van der Waals surface area (Å²) in [6.07, 6.45) is 4.33. The van der Waals surface area contributed by atoms with E-state index in [1.54, 1.807) is 17.2 Å². The normalized spacial score (nSPS) is 15.0. The highest BCUT2D eigenvalue weighted by Crippen LogP contribution is 2.36. The van der Waals surface area contributed by atoms with Gasteiger partial charge in [-0.15, -0.1) is 0 Å². The van der Waals surface area contributed by atoms with E-state index in [1.165, 1.54) is 12.4 Å². The molecular formula is C22H25FN4O3. The second kappa shape index (κ2) is 8.30. The zero-order valence-electron chi connectivity index (χ0n) is 17.3. The number of benzene rings is 1. The molecule has 4 rings (SSSR count). The minimum atomic E-state index is -0.353. The number of nitrogens with one attached hydrogen (secondary N) is 1. The molecule has 1 aliphatic rings. The second-order valence-electron chi connectivity index (χ2n) is 7.89. The van der Waals surface area contributed by atoms with Gasteiger partial charge in [0.25, 0.3) is 0 Å². The molecule has 0 bridgehead atoms. The molecule has 0 aliphatic carbocycles. The maximum absolute atomic E-state index is 14.2. The molecule has 158 valence electrons. The number of aromatic nitrogens is 2. The third kappa shape index (κ3) is 4.08. The van der Waals surface area contributed by atoms with Crippen molar-refractivity contribution in [2.75, 3.05) is 18.4 Å². The maximum Gasteiger partial charge on any atom is 0.410 e. The van der Waals surface area contributed by atoms with E-state index in [9.17, 15) is 9.18 Å². The van der Waals surface area contributed by atoms with E-state index in [-0.39, 0.29) is 23.9 Å². The molecule has 0 saturated carbocycles. The number of furan rings is 1. The van der Waals surface area contributed by atoms with Gasteiger partial charge < -0.3 is 19.4 Å². The SMILES string of the molecule is Cc1ccc(Nc2ncnc3c(C4CCN(C(=O)OC(C)C)CC4)coc23)c(F)c1. The molecule has 2 aromatic heterocycles. The number of nitrogens with zero attached hydrogens (tertiary/aromatic N) is 3. The van der Waals surface area contributed by atoms with Crippen LogP contribution in [0, 0.1) is 12.7 Å². The van der Waals surface area contributed by atoms with Crippen LogP contribution in [0.3, 0.4) is 0 Å². The molecule has 8 heteroatoms. The van der Waals surface area contributed by atoms with Gasteiger partial charge in [0.05, 0.1) is 18.1 Å². The first-order valence-corrected chi connectivity index (χ1v) is 10.1. The number of rotatable bonds is 4. The zero-order chi connectivity index (χ0) is 21.3. The molecule has 1 aliphatic heterocycles. The van der Waals surface area contributed by atoms with Crippen LogP contribution in [-0.4, -0.2) is 40.2 Å². The van der Waals surface area contributed by atoms with E-state index in [0.717, 1.165) is 24.0 Å². The molecule has 30 heavy (non-hydrogen) atoms. The average Bonchev–Trinajstić information content (AvgIpc) is 3.15. The van der Waals surface area contributed by atoms with Gasteiger partial charge in [-0.2, -0.15) is 0 Å². The highest BCUT2D eigenvalue weighted by Gasteiger charge is 2.28. The average molecular weight is 412 g/mol. The number of halogens is 1. The van der Waals surface area contributed by atoms with Crippen molar-refractivity contribution in [2.45, 2.75) is 45.6 Å². The Morgan fingerprint density at radius 3 is 2.77 bits per heavy atom. The van der Waals surface area contributed by atoms with Crippen LogP contribution in [0.2, 0.25) is 0 Å². The van der Waals surface area contributed by atoms with Crippen LogP contribution >= 0.6 is 0 Å². The molecule has 3 aromatic rings. The summed E-state index contributed by atoms with van der Waals surface area (Å²) in [5.41, 5.74) is 3.36. The molecule has 0 radical (unpaired) electrons. The van der Waals surface area contributed by atoms with Crippen molar-refractivity contribution in [1.82, 2.24) is 14.9 Å². The smallest absolute Gasteiger partial charge is 0.410 e. The lowest BCUT2D eigenvalue weighted by molar-refractivity contribution is 0.0692. The topological polar surface area (TPSA) is 80.5 Å². The number of amides is 1. The Hall–Kier alpha value is -3.16. The molecule has 1 amide bonds. The van der Waals surface area contributed by atoms with Crippen LogP contribution in [-0.2, 0) is 4.74 Å². The summed E-state index contributed by atoms with van der Waals surface area (Å²) in [5, 5.41) is 3.01. The first kappa shape index (κ1) is 20.1. The van der Waals surface area contributed by atoms with Crippen LogP contribution in [0.4, 0.5) is 20.7 Å². The monoisotopic (exact) mass is 412 g/mol. The number of anilines is 2. The Balaban J connectivity index is 1.52. The number of carbonyl (C=O) groups is 1. The maximum atomic E-state index is 14.2. The van der Waals surface area contributed by atoms with Crippen molar-refractivity contribution in [3.8, 4) is 0 Å². The quantitative estimate of drug-likeness (QED) is 0.639. The summed E-state index contributed by atoms with van der Waals surface area (Å²) in [4.78, 5) is 22.5. The first-order valence-electron chi connectivity index (χ1n) is 10.1. The molecule has 0 unspecified atom stereocenters. The highest BCUT2D eigenvalue weighted by atomic mass is 19.1. The fraction of sp³-hybridized carbons (Fsp3) is 0.409. The summed E-state index contributed by atoms with van der Waals surface area (Å²) in [7, 11) is 0. The molecule has 1 N–H and O–H groups in total. The van der Waals surface area contributed by atoms with Gasteiger partial charge in [-0.05, 0) is 57.2 Å². The second-order valence-corrected chi connectivity index (χ2v) is 7.89. The molecule has 0 spiro atoms. The predicted molar refractivity (Wildman–Crippen MR) is 111 cm³/mol. The van der Waals surface area contributed by atoms with Gasteiger partial charge in [-0.1, -0.05) is 6.07 Å². The summed E-state index contributed by atoms with van der Waals surface area (Å²) >= 11 is 0. The molecule has 3 heterocycles. The minimum absolute atomic E-state index is 0.131. The Morgan fingerprint density at radius 1 is 1.30 bits per heavy atom. The Bertz CT molecular complexity index is 1060. The number of carbonyl (C=O) groups excluding carboxylic acids is 1. The molecule has 1 fully saturated rings. The number of hydrogen-bond acceptors (Lipinski definition) is 6. The summed E-state index contributed by atoms with van der Waals surface area (Å²) in [5.74, 6) is 0.286. The van der Waals surface area contributed by atoms with E-state index in [4.69, 9.17) is 9.15 Å². The summed E-state index contributed by atoms with van der Waals surface area (Å²) < 4.78 is 25.3. The lowest BCUT2D eigenvalue weighted by Crippen LogP contribution is -2.39. The highest BCUT2D eigenvalue weighted by molar-refractivity contribution is 5.88. The summed E-state index contributed by atoms with van der Waals surface area (Å²) in [6, 6.07) is 4.97. The van der Waals surface area contributed by atoms with Crippen molar-refractivity contribution < 1.29 is 18.3 Å². The fourth-order valence-corrected chi connectivity index (χ4v) is 3.75. The molecular weight excluding hydrogens is 387 g/mol. The van der Waals surface area contributed by atoms with Crippen molar-refractivity contribution in [3.05, 3.63) is 47.7 Å². The Morgan fingerprint density at radius 2 is 2.07 bits per heavy atom. The summed E-state index contributed by atoms with van der Waals surface area (Å²) in [6.45, 7) is 6.76. The van der Waals surface area contributed by atoms with Crippen LogP contribution in [0.25, 0.3) is 11.1 Å². The Kier molecular flexibility index (Phi) is 5.57. The first-order chi connectivity index (χ1) is 14.4. The van der Waals surface area contributed by atoms with E-state index >= 15 is 0 Å². The van der Waals surface area contributed by atoms with Crippen molar-refractivity contribution in [3.63, 3.8) is 0 Å². The van der Waals surface area contributed by atoms with Gasteiger partial charge in [-0.25, -0.2) is 19.2 Å². The lowest BCUT2D eigenvalue weighted by atomic mass is 9.90. The van der Waals surface area contributed by atoms with Crippen molar-refractivity contribution >= 4 is 28.7 Å². The number of aryl methyl sites for hydroxylation is 1. The largest absolute Gasteiger partial charge is 0.458 e. The minimum Gasteiger partial charge on any atom is -0.458 e. The number of fused-ring (bicyclic) bond motifs is 1. The van der Waals surface area contributed by atoms with Gasteiger partial charge in [0, 0.05) is 18.7 Å². The standard InChI is InChI=1S/C22H25FN4O3/c1-13(2)30-22(28)27-8-6-15(7-9-27)16-11-29-20-19(16)24-12-25-21(20)26-18-5-4-14(3)10-17(18)23/h4-5,10-13,15H,6-9H2,1-3H3,(H,24,25,26). The van der Waals surface area contributed by atoms with E-state index in [0.29, 0.717) is 35.7 Å². The lowest BCUT2D eigenvalue weighted by Gasteiger charge is -2.31. The van der Waals surface area contributed by atoms with Crippen molar-refractivity contribution in [1.29, 1.82) is 0 Å². The Labute approximate surface area is 174 Å².